The smallest absolute Gasteiger partial charge is 0.254 e. The fourth-order valence-corrected chi connectivity index (χ4v) is 4.28. The predicted octanol–water partition coefficient (Wildman–Crippen LogP) is 4.65. The van der Waals surface area contributed by atoms with Crippen molar-refractivity contribution in [3.63, 3.8) is 0 Å². The molecular formula is C24H26N4O2. The van der Waals surface area contributed by atoms with Crippen molar-refractivity contribution >= 4 is 5.91 Å². The van der Waals surface area contributed by atoms with Crippen molar-refractivity contribution in [3.8, 4) is 11.3 Å². The van der Waals surface area contributed by atoms with Gasteiger partial charge < -0.3 is 9.42 Å². The molecule has 2 fully saturated rings. The number of likely N-dealkylation sites (tertiary alicyclic amines) is 1. The van der Waals surface area contributed by atoms with E-state index in [1.54, 1.807) is 0 Å². The zero-order valence-electron chi connectivity index (χ0n) is 17.5. The third kappa shape index (κ3) is 3.62. The first kappa shape index (κ1) is 19.0. The molecule has 154 valence electrons. The van der Waals surface area contributed by atoms with Crippen LogP contribution in [0.15, 0.2) is 41.1 Å². The molecule has 0 unspecified atom stereocenters. The molecule has 0 N–H and O–H groups in total. The number of amides is 1. The minimum Gasteiger partial charge on any atom is -0.356 e. The Morgan fingerprint density at radius 3 is 2.50 bits per heavy atom. The average Bonchev–Trinajstić information content (AvgIpc) is 3.54. The molecule has 6 heteroatoms. The SMILES string of the molecule is Cc1cc(-c2cnc(C3CC3)nc2C2CCN(C(=O)c3ccccc3C)CC2)on1. The number of piperidine rings is 1. The summed E-state index contributed by atoms with van der Waals surface area (Å²) in [7, 11) is 0. The summed E-state index contributed by atoms with van der Waals surface area (Å²) in [5.41, 5.74) is 4.65. The van der Waals surface area contributed by atoms with Gasteiger partial charge in [-0.3, -0.25) is 4.79 Å². The van der Waals surface area contributed by atoms with E-state index >= 15 is 0 Å². The quantitative estimate of drug-likeness (QED) is 0.635. The van der Waals surface area contributed by atoms with Crippen molar-refractivity contribution in [2.75, 3.05) is 13.1 Å². The minimum absolute atomic E-state index is 0.124. The second-order valence-corrected chi connectivity index (χ2v) is 8.52. The summed E-state index contributed by atoms with van der Waals surface area (Å²) in [6, 6.07) is 9.75. The highest BCUT2D eigenvalue weighted by Crippen LogP contribution is 2.41. The van der Waals surface area contributed by atoms with Crippen LogP contribution < -0.4 is 0 Å². The van der Waals surface area contributed by atoms with Crippen LogP contribution in [-0.2, 0) is 0 Å². The van der Waals surface area contributed by atoms with Crippen LogP contribution >= 0.6 is 0 Å². The van der Waals surface area contributed by atoms with Crippen LogP contribution in [0.5, 0.6) is 0 Å². The molecule has 0 bridgehead atoms. The number of hydrogen-bond donors (Lipinski definition) is 0. The highest BCUT2D eigenvalue weighted by molar-refractivity contribution is 5.95. The van der Waals surface area contributed by atoms with Gasteiger partial charge in [0.1, 0.15) is 5.82 Å². The molecule has 3 aromatic rings. The third-order valence-electron chi connectivity index (χ3n) is 6.22. The Kier molecular flexibility index (Phi) is 4.85. The Morgan fingerprint density at radius 2 is 1.83 bits per heavy atom. The van der Waals surface area contributed by atoms with E-state index in [2.05, 4.69) is 10.1 Å². The van der Waals surface area contributed by atoms with Gasteiger partial charge >= 0.3 is 0 Å². The average molecular weight is 402 g/mol. The van der Waals surface area contributed by atoms with Gasteiger partial charge in [0.05, 0.1) is 17.0 Å². The van der Waals surface area contributed by atoms with Gasteiger partial charge in [-0.15, -0.1) is 0 Å². The summed E-state index contributed by atoms with van der Waals surface area (Å²) in [5.74, 6) is 2.58. The van der Waals surface area contributed by atoms with Crippen LogP contribution in [0, 0.1) is 13.8 Å². The van der Waals surface area contributed by atoms with Crippen molar-refractivity contribution in [2.45, 2.75) is 51.4 Å². The summed E-state index contributed by atoms with van der Waals surface area (Å²) in [6.45, 7) is 5.37. The van der Waals surface area contributed by atoms with Gasteiger partial charge in [0, 0.05) is 42.8 Å². The topological polar surface area (TPSA) is 72.1 Å². The lowest BCUT2D eigenvalue weighted by Crippen LogP contribution is -2.38. The summed E-state index contributed by atoms with van der Waals surface area (Å²) in [4.78, 5) is 24.6. The van der Waals surface area contributed by atoms with E-state index in [-0.39, 0.29) is 11.8 Å². The molecule has 0 spiro atoms. The number of benzene rings is 1. The fourth-order valence-electron chi connectivity index (χ4n) is 4.28. The van der Waals surface area contributed by atoms with Gasteiger partial charge in [-0.2, -0.15) is 0 Å². The lowest BCUT2D eigenvalue weighted by atomic mass is 9.89. The minimum atomic E-state index is 0.124. The van der Waals surface area contributed by atoms with E-state index in [0.717, 1.165) is 65.6 Å². The molecule has 6 nitrogen and oxygen atoms in total. The molecule has 1 aliphatic carbocycles. The van der Waals surface area contributed by atoms with E-state index in [4.69, 9.17) is 9.51 Å². The number of nitrogens with zero attached hydrogens (tertiary/aromatic N) is 4. The first-order chi connectivity index (χ1) is 14.6. The van der Waals surface area contributed by atoms with E-state index in [0.29, 0.717) is 5.92 Å². The number of carbonyl (C=O) groups is 1. The fraction of sp³-hybridized carbons (Fsp3) is 0.417. The van der Waals surface area contributed by atoms with Crippen molar-refractivity contribution in [1.29, 1.82) is 0 Å². The number of rotatable bonds is 4. The Bertz CT molecular complexity index is 1080. The van der Waals surface area contributed by atoms with E-state index in [1.807, 2.05) is 55.3 Å². The van der Waals surface area contributed by atoms with E-state index in [1.165, 1.54) is 12.8 Å². The Hall–Kier alpha value is -3.02. The molecule has 2 aliphatic rings. The molecule has 30 heavy (non-hydrogen) atoms. The second-order valence-electron chi connectivity index (χ2n) is 8.52. The third-order valence-corrected chi connectivity index (χ3v) is 6.22. The molecular weight excluding hydrogens is 376 g/mol. The molecule has 1 amide bonds. The number of aryl methyl sites for hydroxylation is 2. The van der Waals surface area contributed by atoms with E-state index in [9.17, 15) is 4.79 Å². The number of carbonyl (C=O) groups excluding carboxylic acids is 1. The van der Waals surface area contributed by atoms with Gasteiger partial charge in [-0.05, 0) is 51.2 Å². The summed E-state index contributed by atoms with van der Waals surface area (Å²) >= 11 is 0. The zero-order valence-corrected chi connectivity index (χ0v) is 17.5. The second kappa shape index (κ2) is 7.67. The Labute approximate surface area is 176 Å². The van der Waals surface area contributed by atoms with Crippen molar-refractivity contribution in [2.24, 2.45) is 0 Å². The molecule has 1 saturated heterocycles. The van der Waals surface area contributed by atoms with Gasteiger partial charge in [-0.25, -0.2) is 9.97 Å². The highest BCUT2D eigenvalue weighted by atomic mass is 16.5. The van der Waals surface area contributed by atoms with Gasteiger partial charge in [0.25, 0.3) is 5.91 Å². The predicted molar refractivity (Wildman–Crippen MR) is 113 cm³/mol. The highest BCUT2D eigenvalue weighted by Gasteiger charge is 2.32. The first-order valence-electron chi connectivity index (χ1n) is 10.8. The standard InChI is InChI=1S/C24H26N4O2/c1-15-5-3-4-6-19(15)24(29)28-11-9-17(10-12-28)22-20(21-13-16(2)27-30-21)14-25-23(26-22)18-7-8-18/h3-6,13-14,17-18H,7-12H2,1-2H3. The normalized spacial score (nSPS) is 17.3. The molecule has 0 radical (unpaired) electrons. The molecule has 3 heterocycles. The molecule has 1 aromatic carbocycles. The largest absolute Gasteiger partial charge is 0.356 e. The maximum absolute atomic E-state index is 13.0. The first-order valence-corrected chi connectivity index (χ1v) is 10.8. The molecule has 2 aromatic heterocycles. The monoisotopic (exact) mass is 402 g/mol. The van der Waals surface area contributed by atoms with Gasteiger partial charge in [-0.1, -0.05) is 23.4 Å². The summed E-state index contributed by atoms with van der Waals surface area (Å²) in [5, 5.41) is 4.04. The molecule has 0 atom stereocenters. The van der Waals surface area contributed by atoms with Crippen molar-refractivity contribution < 1.29 is 9.32 Å². The molecule has 5 rings (SSSR count). The lowest BCUT2D eigenvalue weighted by Gasteiger charge is -2.32. The maximum Gasteiger partial charge on any atom is 0.254 e. The van der Waals surface area contributed by atoms with E-state index < -0.39 is 0 Å². The van der Waals surface area contributed by atoms with Crippen LogP contribution in [0.25, 0.3) is 11.3 Å². The van der Waals surface area contributed by atoms with Crippen LogP contribution in [0.4, 0.5) is 0 Å². The number of hydrogen-bond acceptors (Lipinski definition) is 5. The Morgan fingerprint density at radius 1 is 1.07 bits per heavy atom. The Balaban J connectivity index is 1.38. The van der Waals surface area contributed by atoms with Crippen LogP contribution in [-0.4, -0.2) is 39.0 Å². The van der Waals surface area contributed by atoms with Crippen LogP contribution in [0.2, 0.25) is 0 Å². The summed E-state index contributed by atoms with van der Waals surface area (Å²) < 4.78 is 5.53. The maximum atomic E-state index is 13.0. The van der Waals surface area contributed by atoms with Crippen molar-refractivity contribution in [1.82, 2.24) is 20.0 Å². The molecule has 1 saturated carbocycles. The van der Waals surface area contributed by atoms with Gasteiger partial charge in [0.15, 0.2) is 5.76 Å². The molecule has 1 aliphatic heterocycles. The van der Waals surface area contributed by atoms with Gasteiger partial charge in [0.2, 0.25) is 0 Å². The lowest BCUT2D eigenvalue weighted by molar-refractivity contribution is 0.0711. The number of aromatic nitrogens is 3. The zero-order chi connectivity index (χ0) is 20.7. The van der Waals surface area contributed by atoms with Crippen LogP contribution in [0.1, 0.15) is 70.7 Å². The van der Waals surface area contributed by atoms with Crippen molar-refractivity contribution in [3.05, 3.63) is 64.9 Å². The van der Waals surface area contributed by atoms with Crippen LogP contribution in [0.3, 0.4) is 0 Å². The summed E-state index contributed by atoms with van der Waals surface area (Å²) in [6.07, 6.45) is 6.02.